The van der Waals surface area contributed by atoms with Crippen LogP contribution in [0.5, 0.6) is 5.75 Å². The van der Waals surface area contributed by atoms with Crippen LogP contribution in [0.4, 0.5) is 0 Å². The summed E-state index contributed by atoms with van der Waals surface area (Å²) in [4.78, 5) is 25.8. The molecule has 0 unspecified atom stereocenters. The van der Waals surface area contributed by atoms with Crippen molar-refractivity contribution in [1.82, 2.24) is 9.88 Å². The first-order valence-corrected chi connectivity index (χ1v) is 10.9. The molecule has 0 bridgehead atoms. The number of imide groups is 1. The van der Waals surface area contributed by atoms with Crippen molar-refractivity contribution in [3.05, 3.63) is 64.7 Å². The largest absolute Gasteiger partial charge is 0.508 e. The molecule has 31 heavy (non-hydrogen) atoms. The van der Waals surface area contributed by atoms with Crippen molar-refractivity contribution >= 4 is 45.2 Å². The molecule has 2 aliphatic rings. The van der Waals surface area contributed by atoms with Crippen LogP contribution in [-0.2, 0) is 0 Å². The Bertz CT molecular complexity index is 1430. The van der Waals surface area contributed by atoms with Crippen LogP contribution in [0.3, 0.4) is 0 Å². The van der Waals surface area contributed by atoms with Crippen LogP contribution in [0.25, 0.3) is 32.9 Å². The van der Waals surface area contributed by atoms with Crippen LogP contribution < -0.4 is 5.32 Å². The van der Waals surface area contributed by atoms with Gasteiger partial charge in [0.05, 0.1) is 16.6 Å². The first kappa shape index (κ1) is 18.5. The van der Waals surface area contributed by atoms with Gasteiger partial charge in [0, 0.05) is 32.9 Å². The van der Waals surface area contributed by atoms with E-state index in [2.05, 4.69) is 9.88 Å². The van der Waals surface area contributed by atoms with Gasteiger partial charge >= 0.3 is 0 Å². The maximum Gasteiger partial charge on any atom is 0.259 e. The fraction of sp³-hybridized carbons (Fsp3) is 0.200. The monoisotopic (exact) mass is 430 g/mol. The molecule has 1 aliphatic heterocycles. The number of rotatable bonds is 2. The topological polar surface area (TPSA) is 71.3 Å². The van der Waals surface area contributed by atoms with Crippen LogP contribution >= 0.6 is 11.6 Å². The minimum Gasteiger partial charge on any atom is -0.508 e. The summed E-state index contributed by atoms with van der Waals surface area (Å²) in [6, 6.07) is 14.9. The normalized spacial score (nSPS) is 16.4. The zero-order valence-electron chi connectivity index (χ0n) is 16.6. The van der Waals surface area contributed by atoms with E-state index in [0.29, 0.717) is 33.1 Å². The lowest BCUT2D eigenvalue weighted by atomic mass is 9.93. The Hall–Kier alpha value is -3.31. The van der Waals surface area contributed by atoms with Gasteiger partial charge < -0.3 is 9.67 Å². The fourth-order valence-corrected chi connectivity index (χ4v) is 5.57. The molecule has 0 spiro atoms. The second kappa shape index (κ2) is 6.59. The van der Waals surface area contributed by atoms with Gasteiger partial charge in [-0.2, -0.15) is 0 Å². The number of carbonyl (C=O) groups excluding carboxylic acids is 2. The average molecular weight is 431 g/mol. The molecule has 1 saturated carbocycles. The van der Waals surface area contributed by atoms with Crippen molar-refractivity contribution in [2.45, 2.75) is 31.7 Å². The van der Waals surface area contributed by atoms with Gasteiger partial charge in [-0.15, -0.1) is 0 Å². The SMILES string of the molecule is O=C1NC(=O)c2c1c(-c1ccccc1Cl)cc1c2c2cc(O)ccc2n1C1CCCC1. The summed E-state index contributed by atoms with van der Waals surface area (Å²) in [5.41, 5.74) is 3.95. The molecule has 0 radical (unpaired) electrons. The number of halogens is 1. The summed E-state index contributed by atoms with van der Waals surface area (Å²) in [7, 11) is 0. The first-order valence-electron chi connectivity index (χ1n) is 10.5. The van der Waals surface area contributed by atoms with E-state index in [1.807, 2.05) is 30.3 Å². The summed E-state index contributed by atoms with van der Waals surface area (Å²) >= 11 is 6.51. The summed E-state index contributed by atoms with van der Waals surface area (Å²) in [5, 5.41) is 14.7. The number of benzene rings is 3. The van der Waals surface area contributed by atoms with Crippen molar-refractivity contribution in [1.29, 1.82) is 0 Å². The predicted molar refractivity (Wildman–Crippen MR) is 121 cm³/mol. The maximum atomic E-state index is 13.0. The number of phenolic OH excluding ortho intramolecular Hbond substituents is 1. The average Bonchev–Trinajstić information content (AvgIpc) is 3.44. The number of hydrogen-bond donors (Lipinski definition) is 2. The van der Waals surface area contributed by atoms with E-state index in [1.54, 1.807) is 18.2 Å². The molecular weight excluding hydrogens is 412 g/mol. The Morgan fingerprint density at radius 2 is 1.65 bits per heavy atom. The molecule has 1 aromatic heterocycles. The molecule has 154 valence electrons. The van der Waals surface area contributed by atoms with Crippen LogP contribution in [0, 0.1) is 0 Å². The molecule has 0 saturated heterocycles. The molecule has 3 aromatic carbocycles. The Morgan fingerprint density at radius 3 is 2.42 bits per heavy atom. The van der Waals surface area contributed by atoms with Crippen molar-refractivity contribution in [2.24, 2.45) is 0 Å². The van der Waals surface area contributed by atoms with Crippen LogP contribution in [0.2, 0.25) is 5.02 Å². The van der Waals surface area contributed by atoms with Crippen molar-refractivity contribution in [3.63, 3.8) is 0 Å². The highest BCUT2D eigenvalue weighted by atomic mass is 35.5. The second-order valence-electron chi connectivity index (χ2n) is 8.34. The number of nitrogens with zero attached hydrogens (tertiary/aromatic N) is 1. The molecule has 0 atom stereocenters. The number of nitrogens with one attached hydrogen (secondary N) is 1. The number of aromatic nitrogens is 1. The molecule has 2 heterocycles. The number of carbonyl (C=O) groups is 2. The van der Waals surface area contributed by atoms with Crippen molar-refractivity contribution in [2.75, 3.05) is 0 Å². The molecule has 4 aromatic rings. The Labute approximate surface area is 183 Å². The van der Waals surface area contributed by atoms with E-state index in [1.165, 1.54) is 0 Å². The Kier molecular flexibility index (Phi) is 3.93. The fourth-order valence-electron chi connectivity index (χ4n) is 5.33. The van der Waals surface area contributed by atoms with Crippen LogP contribution in [-0.4, -0.2) is 21.5 Å². The lowest BCUT2D eigenvalue weighted by molar-refractivity contribution is 0.0880. The van der Waals surface area contributed by atoms with Crippen LogP contribution in [0.15, 0.2) is 48.5 Å². The number of hydrogen-bond acceptors (Lipinski definition) is 3. The summed E-state index contributed by atoms with van der Waals surface area (Å²) in [6.45, 7) is 0. The molecule has 1 aliphatic carbocycles. The molecular formula is C25H19ClN2O3. The van der Waals surface area contributed by atoms with Crippen molar-refractivity contribution in [3.8, 4) is 16.9 Å². The van der Waals surface area contributed by atoms with E-state index in [-0.39, 0.29) is 5.75 Å². The highest BCUT2D eigenvalue weighted by Crippen LogP contribution is 2.45. The zero-order valence-corrected chi connectivity index (χ0v) is 17.4. The first-order chi connectivity index (χ1) is 15.0. The zero-order chi connectivity index (χ0) is 21.3. The van der Waals surface area contributed by atoms with Gasteiger partial charge in [0.15, 0.2) is 0 Å². The Morgan fingerprint density at radius 1 is 0.903 bits per heavy atom. The number of aromatic hydroxyl groups is 1. The highest BCUT2D eigenvalue weighted by Gasteiger charge is 2.35. The molecule has 2 N–H and O–H groups in total. The van der Waals surface area contributed by atoms with Gasteiger partial charge in [0.25, 0.3) is 11.8 Å². The molecule has 6 heteroatoms. The van der Waals surface area contributed by atoms with E-state index >= 15 is 0 Å². The third kappa shape index (κ3) is 2.56. The standard InChI is InChI=1S/C25H19ClN2O3/c26-18-8-4-3-7-15(18)16-12-20-21(23-22(16)24(30)27-25(23)31)17-11-14(29)9-10-19(17)28(20)13-5-1-2-6-13/h3-4,7-13,29H,1-2,5-6H2,(H,27,30,31). The molecule has 6 rings (SSSR count). The van der Waals surface area contributed by atoms with Gasteiger partial charge in [-0.3, -0.25) is 14.9 Å². The van der Waals surface area contributed by atoms with Gasteiger partial charge in [-0.25, -0.2) is 0 Å². The van der Waals surface area contributed by atoms with Gasteiger partial charge in [0.1, 0.15) is 5.75 Å². The Balaban J connectivity index is 1.83. The maximum absolute atomic E-state index is 13.0. The quantitative estimate of drug-likeness (QED) is 0.393. The number of amides is 2. The van der Waals surface area contributed by atoms with E-state index in [9.17, 15) is 14.7 Å². The third-order valence-electron chi connectivity index (χ3n) is 6.61. The minimum absolute atomic E-state index is 0.131. The lowest BCUT2D eigenvalue weighted by Crippen LogP contribution is -2.20. The van der Waals surface area contributed by atoms with Gasteiger partial charge in [0.2, 0.25) is 0 Å². The summed E-state index contributed by atoms with van der Waals surface area (Å²) < 4.78 is 2.29. The number of fused-ring (bicyclic) bond motifs is 5. The van der Waals surface area contributed by atoms with Gasteiger partial charge in [-0.1, -0.05) is 42.6 Å². The van der Waals surface area contributed by atoms with E-state index in [0.717, 1.165) is 47.7 Å². The van der Waals surface area contributed by atoms with E-state index in [4.69, 9.17) is 11.6 Å². The smallest absolute Gasteiger partial charge is 0.259 e. The van der Waals surface area contributed by atoms with E-state index < -0.39 is 11.8 Å². The lowest BCUT2D eigenvalue weighted by Gasteiger charge is -2.17. The van der Waals surface area contributed by atoms with Crippen LogP contribution in [0.1, 0.15) is 52.4 Å². The summed E-state index contributed by atoms with van der Waals surface area (Å²) in [6.07, 6.45) is 4.43. The minimum atomic E-state index is -0.418. The number of phenols is 1. The predicted octanol–water partition coefficient (Wildman–Crippen LogP) is 5.82. The molecule has 5 nitrogen and oxygen atoms in total. The van der Waals surface area contributed by atoms with Gasteiger partial charge in [-0.05, 0) is 48.7 Å². The van der Waals surface area contributed by atoms with Crippen molar-refractivity contribution < 1.29 is 14.7 Å². The second-order valence-corrected chi connectivity index (χ2v) is 8.75. The molecule has 2 amide bonds. The summed E-state index contributed by atoms with van der Waals surface area (Å²) in [5.74, 6) is -0.696. The highest BCUT2D eigenvalue weighted by molar-refractivity contribution is 6.36. The third-order valence-corrected chi connectivity index (χ3v) is 6.94. The molecule has 1 fully saturated rings.